The van der Waals surface area contributed by atoms with E-state index >= 15 is 0 Å². The molecule has 1 N–H and O–H groups in total. The molecule has 0 saturated carbocycles. The second-order valence-electron chi connectivity index (χ2n) is 7.96. The molecule has 0 spiro atoms. The van der Waals surface area contributed by atoms with Crippen LogP contribution < -0.4 is 20.2 Å². The van der Waals surface area contributed by atoms with Crippen LogP contribution in [-0.4, -0.2) is 30.1 Å². The average molecular weight is 520 g/mol. The molecule has 1 unspecified atom stereocenters. The third-order valence-electron chi connectivity index (χ3n) is 5.30. The molecule has 0 bridgehead atoms. The van der Waals surface area contributed by atoms with E-state index in [4.69, 9.17) is 18.6 Å². The summed E-state index contributed by atoms with van der Waals surface area (Å²) in [7, 11) is 0. The van der Waals surface area contributed by atoms with Crippen LogP contribution in [0, 0.1) is 0 Å². The standard InChI is InChI=1S/C28H25NO7S/c1-37-15-14-23(29-28(32)34-17-19-8-4-2-5-9-19)27(31)36-21-12-13-22-24(16-21)33-18-25(26(22)30)35-20-10-6-3-7-11-20/h2-13,16,18,23H,14-15,17H2,1H3,(H,29,32). The van der Waals surface area contributed by atoms with E-state index in [9.17, 15) is 14.4 Å². The van der Waals surface area contributed by atoms with Crippen LogP contribution in [0.4, 0.5) is 4.79 Å². The number of carbonyl (C=O) groups excluding carboxylic acids is 2. The van der Waals surface area contributed by atoms with Gasteiger partial charge in [0.25, 0.3) is 0 Å². The van der Waals surface area contributed by atoms with Gasteiger partial charge in [0.05, 0.1) is 5.39 Å². The predicted octanol–water partition coefficient (Wildman–Crippen LogP) is 5.54. The Hall–Kier alpha value is -4.24. The molecule has 1 atom stereocenters. The molecule has 0 aliphatic carbocycles. The van der Waals surface area contributed by atoms with E-state index in [1.807, 2.05) is 42.7 Å². The largest absolute Gasteiger partial charge is 0.460 e. The van der Waals surface area contributed by atoms with Crippen LogP contribution in [0.25, 0.3) is 11.0 Å². The Kier molecular flexibility index (Phi) is 8.83. The highest BCUT2D eigenvalue weighted by atomic mass is 32.2. The fourth-order valence-corrected chi connectivity index (χ4v) is 3.89. The van der Waals surface area contributed by atoms with Gasteiger partial charge in [0.15, 0.2) is 0 Å². The molecular weight excluding hydrogens is 494 g/mol. The lowest BCUT2D eigenvalue weighted by molar-refractivity contribution is -0.136. The lowest BCUT2D eigenvalue weighted by atomic mass is 10.2. The fraction of sp³-hybridized carbons (Fsp3) is 0.179. The lowest BCUT2D eigenvalue weighted by Gasteiger charge is -2.17. The van der Waals surface area contributed by atoms with Crippen LogP contribution >= 0.6 is 11.8 Å². The number of rotatable bonds is 10. The van der Waals surface area contributed by atoms with Crippen LogP contribution in [0.5, 0.6) is 17.2 Å². The number of amides is 1. The average Bonchev–Trinajstić information content (AvgIpc) is 2.92. The molecule has 1 aromatic heterocycles. The summed E-state index contributed by atoms with van der Waals surface area (Å²) >= 11 is 1.53. The van der Waals surface area contributed by atoms with Crippen molar-refractivity contribution in [3.05, 3.63) is 101 Å². The summed E-state index contributed by atoms with van der Waals surface area (Å²) in [5.41, 5.74) is 0.700. The maximum atomic E-state index is 12.9. The molecule has 1 heterocycles. The van der Waals surface area contributed by atoms with Gasteiger partial charge in [0.1, 0.15) is 36.0 Å². The van der Waals surface area contributed by atoms with Gasteiger partial charge in [-0.3, -0.25) is 4.79 Å². The minimum Gasteiger partial charge on any atom is -0.460 e. The van der Waals surface area contributed by atoms with Gasteiger partial charge >= 0.3 is 12.1 Å². The molecule has 0 radical (unpaired) electrons. The first kappa shape index (κ1) is 25.8. The summed E-state index contributed by atoms with van der Waals surface area (Å²) in [6.07, 6.45) is 2.75. The van der Waals surface area contributed by atoms with Crippen LogP contribution in [0.15, 0.2) is 94.3 Å². The number of fused-ring (bicyclic) bond motifs is 1. The van der Waals surface area contributed by atoms with Gasteiger partial charge in [-0.05, 0) is 48.3 Å². The summed E-state index contributed by atoms with van der Waals surface area (Å²) in [6, 6.07) is 21.6. The quantitative estimate of drug-likeness (QED) is 0.215. The molecule has 0 saturated heterocycles. The Bertz CT molecular complexity index is 1410. The third kappa shape index (κ3) is 7.14. The van der Waals surface area contributed by atoms with Crippen molar-refractivity contribution in [2.45, 2.75) is 19.1 Å². The zero-order valence-corrected chi connectivity index (χ0v) is 20.9. The second-order valence-corrected chi connectivity index (χ2v) is 8.95. The number of carbonyl (C=O) groups is 2. The topological polar surface area (TPSA) is 104 Å². The van der Waals surface area contributed by atoms with Crippen molar-refractivity contribution in [2.24, 2.45) is 0 Å². The number of nitrogens with one attached hydrogen (secondary N) is 1. The second kappa shape index (κ2) is 12.6. The van der Waals surface area contributed by atoms with Crippen LogP contribution in [0.2, 0.25) is 0 Å². The van der Waals surface area contributed by atoms with Gasteiger partial charge in [-0.25, -0.2) is 9.59 Å². The first-order valence-electron chi connectivity index (χ1n) is 11.5. The van der Waals surface area contributed by atoms with E-state index in [1.54, 1.807) is 24.3 Å². The smallest absolute Gasteiger partial charge is 0.408 e. The van der Waals surface area contributed by atoms with E-state index in [2.05, 4.69) is 5.32 Å². The number of benzene rings is 3. The number of alkyl carbamates (subject to hydrolysis) is 1. The summed E-state index contributed by atoms with van der Waals surface area (Å²) in [5.74, 6) is 0.683. The van der Waals surface area contributed by atoms with Crippen LogP contribution in [-0.2, 0) is 16.1 Å². The lowest BCUT2D eigenvalue weighted by Crippen LogP contribution is -2.43. The summed E-state index contributed by atoms with van der Waals surface area (Å²) in [5, 5.41) is 2.85. The Morgan fingerprint density at radius 1 is 0.973 bits per heavy atom. The molecule has 3 aromatic carbocycles. The fourth-order valence-electron chi connectivity index (χ4n) is 3.42. The summed E-state index contributed by atoms with van der Waals surface area (Å²) in [6.45, 7) is 0.0800. The Morgan fingerprint density at radius 3 is 2.43 bits per heavy atom. The number of esters is 1. The van der Waals surface area contributed by atoms with E-state index in [-0.39, 0.29) is 34.5 Å². The van der Waals surface area contributed by atoms with E-state index in [0.717, 1.165) is 5.56 Å². The van der Waals surface area contributed by atoms with Gasteiger partial charge in [0.2, 0.25) is 11.2 Å². The molecule has 190 valence electrons. The molecule has 0 fully saturated rings. The van der Waals surface area contributed by atoms with Crippen molar-refractivity contribution in [3.63, 3.8) is 0 Å². The maximum Gasteiger partial charge on any atom is 0.408 e. The predicted molar refractivity (Wildman–Crippen MR) is 141 cm³/mol. The van der Waals surface area contributed by atoms with Crippen molar-refractivity contribution in [1.29, 1.82) is 0 Å². The molecule has 4 rings (SSSR count). The number of thioether (sulfide) groups is 1. The maximum absolute atomic E-state index is 12.9. The van der Waals surface area contributed by atoms with E-state index < -0.39 is 18.1 Å². The van der Waals surface area contributed by atoms with Gasteiger partial charge in [-0.15, -0.1) is 0 Å². The SMILES string of the molecule is CSCCC(NC(=O)OCc1ccccc1)C(=O)Oc1ccc2c(=O)c(Oc3ccccc3)coc2c1. The summed E-state index contributed by atoms with van der Waals surface area (Å²) in [4.78, 5) is 38.0. The van der Waals surface area contributed by atoms with Crippen molar-refractivity contribution in [1.82, 2.24) is 5.32 Å². The Morgan fingerprint density at radius 2 is 1.70 bits per heavy atom. The molecule has 1 amide bonds. The zero-order valence-electron chi connectivity index (χ0n) is 20.0. The first-order chi connectivity index (χ1) is 18.0. The Labute approximate surface area is 217 Å². The van der Waals surface area contributed by atoms with Gasteiger partial charge < -0.3 is 23.9 Å². The first-order valence-corrected chi connectivity index (χ1v) is 12.9. The normalized spacial score (nSPS) is 11.5. The van der Waals surface area contributed by atoms with Gasteiger partial charge in [-0.1, -0.05) is 48.5 Å². The number of hydrogen-bond donors (Lipinski definition) is 1. The van der Waals surface area contributed by atoms with Gasteiger partial charge in [-0.2, -0.15) is 11.8 Å². The van der Waals surface area contributed by atoms with E-state index in [1.165, 1.54) is 36.2 Å². The molecule has 0 aliphatic heterocycles. The molecule has 37 heavy (non-hydrogen) atoms. The van der Waals surface area contributed by atoms with Crippen molar-refractivity contribution in [2.75, 3.05) is 12.0 Å². The molecular formula is C28H25NO7S. The molecule has 4 aromatic rings. The van der Waals surface area contributed by atoms with Crippen molar-refractivity contribution >= 4 is 34.8 Å². The minimum atomic E-state index is -0.917. The molecule has 0 aliphatic rings. The number of hydrogen-bond acceptors (Lipinski definition) is 8. The highest BCUT2D eigenvalue weighted by Crippen LogP contribution is 2.24. The molecule has 8 nitrogen and oxygen atoms in total. The zero-order chi connectivity index (χ0) is 26.0. The van der Waals surface area contributed by atoms with Crippen LogP contribution in [0.1, 0.15) is 12.0 Å². The summed E-state index contributed by atoms with van der Waals surface area (Å²) < 4.78 is 21.9. The monoisotopic (exact) mass is 519 g/mol. The number of para-hydroxylation sites is 1. The highest BCUT2D eigenvalue weighted by molar-refractivity contribution is 7.98. The van der Waals surface area contributed by atoms with Gasteiger partial charge in [0, 0.05) is 6.07 Å². The minimum absolute atomic E-state index is 0.0405. The highest BCUT2D eigenvalue weighted by Gasteiger charge is 2.24. The molecule has 9 heteroatoms. The third-order valence-corrected chi connectivity index (χ3v) is 5.95. The Balaban J connectivity index is 1.43. The van der Waals surface area contributed by atoms with Crippen molar-refractivity contribution in [3.8, 4) is 17.2 Å². The van der Waals surface area contributed by atoms with Crippen molar-refractivity contribution < 1.29 is 28.2 Å². The number of ether oxygens (including phenoxy) is 3. The van der Waals surface area contributed by atoms with E-state index in [0.29, 0.717) is 17.9 Å². The van der Waals surface area contributed by atoms with Crippen LogP contribution in [0.3, 0.4) is 0 Å².